The smallest absolute Gasteiger partial charge is 0.249 e. The second kappa shape index (κ2) is 18.0. The van der Waals surface area contributed by atoms with E-state index in [2.05, 4.69) is 59.8 Å². The second-order valence-corrected chi connectivity index (χ2v) is 18.5. The van der Waals surface area contributed by atoms with Gasteiger partial charge >= 0.3 is 0 Å². The van der Waals surface area contributed by atoms with Crippen molar-refractivity contribution in [2.45, 2.75) is 81.6 Å². The molecule has 4 amide bonds. The van der Waals surface area contributed by atoms with Gasteiger partial charge in [-0.3, -0.25) is 24.5 Å². The predicted molar refractivity (Wildman–Crippen MR) is 242 cm³/mol. The molecule has 1 spiro atoms. The Bertz CT molecular complexity index is 2290. The molecule has 5 fully saturated rings. The van der Waals surface area contributed by atoms with Crippen LogP contribution in [0.3, 0.4) is 0 Å². The number of hydrogen-bond acceptors (Lipinski definition) is 11. The molecule has 0 radical (unpaired) electrons. The number of aromatic nitrogens is 2. The van der Waals surface area contributed by atoms with Crippen LogP contribution in [0.25, 0.3) is 11.3 Å². The highest BCUT2D eigenvalue weighted by atomic mass is 16.3. The molecule has 0 saturated carbocycles. The van der Waals surface area contributed by atoms with E-state index < -0.39 is 5.41 Å². The van der Waals surface area contributed by atoms with E-state index in [4.69, 9.17) is 5.73 Å². The van der Waals surface area contributed by atoms with Gasteiger partial charge in [0.05, 0.1) is 16.8 Å². The monoisotopic (exact) mass is 853 g/mol. The molecule has 0 bridgehead atoms. The number of nitrogens with one attached hydrogen (secondary N) is 2. The van der Waals surface area contributed by atoms with Gasteiger partial charge in [-0.25, -0.2) is 0 Å². The maximum atomic E-state index is 14.7. The Kier molecular flexibility index (Phi) is 12.1. The number of phenols is 1. The number of aromatic hydroxyl groups is 1. The number of para-hydroxylation sites is 1. The van der Waals surface area contributed by atoms with Gasteiger partial charge in [0.2, 0.25) is 23.6 Å². The molecule has 1 atom stereocenters. The van der Waals surface area contributed by atoms with Gasteiger partial charge in [-0.1, -0.05) is 54.6 Å². The number of phenolic OH excluding ortho intramolecular Hbond substituents is 1. The van der Waals surface area contributed by atoms with Crippen molar-refractivity contribution >= 4 is 40.8 Å². The van der Waals surface area contributed by atoms with Crippen molar-refractivity contribution in [3.63, 3.8) is 0 Å². The minimum absolute atomic E-state index is 0.0658. The van der Waals surface area contributed by atoms with Crippen molar-refractivity contribution < 1.29 is 24.3 Å². The first-order valence-corrected chi connectivity index (χ1v) is 22.8. The summed E-state index contributed by atoms with van der Waals surface area (Å²) in [5, 5.41) is 24.6. The highest BCUT2D eigenvalue weighted by Crippen LogP contribution is 2.46. The van der Waals surface area contributed by atoms with Crippen LogP contribution >= 0.6 is 0 Å². The van der Waals surface area contributed by atoms with Gasteiger partial charge in [0.25, 0.3) is 0 Å². The first-order valence-electron chi connectivity index (χ1n) is 22.8. The third-order valence-electron chi connectivity index (χ3n) is 14.6. The van der Waals surface area contributed by atoms with Crippen LogP contribution in [0.1, 0.15) is 81.3 Å². The molecule has 3 aromatic carbocycles. The predicted octanol–water partition coefficient (Wildman–Crippen LogP) is 5.30. The number of rotatable bonds is 11. The zero-order valence-corrected chi connectivity index (χ0v) is 36.0. The lowest BCUT2D eigenvalue weighted by atomic mass is 9.67. The topological polar surface area (TPSA) is 177 Å². The van der Waals surface area contributed by atoms with E-state index in [1.54, 1.807) is 18.2 Å². The fraction of sp³-hybridized carbons (Fsp3) is 0.469. The summed E-state index contributed by atoms with van der Waals surface area (Å²) >= 11 is 0. The van der Waals surface area contributed by atoms with Crippen LogP contribution in [-0.4, -0.2) is 119 Å². The standard InChI is InChI=1S/C49H59N9O5/c50-45-41(31-40(53-54-45)38-9-4-5-10-42(38)59)56-29-22-49(23-30-56,36-7-2-1-3-8-36)47(63)58-32-48(33-58)20-27-57(28-21-48)44(61)11-6-24-55-25-18-35(19-26-55)34-12-14-37(15-13-34)51-39-16-17-43(60)52-46(39)62/h1-5,7-10,12-15,31,35,39,51,59H,6,11,16-30,32-33H2,(H2,50,54)(H,52,60,62). The number of carbonyl (C=O) groups is 4. The van der Waals surface area contributed by atoms with Gasteiger partial charge in [-0.05, 0) is 118 Å². The van der Waals surface area contributed by atoms with Gasteiger partial charge in [0.15, 0.2) is 5.82 Å². The summed E-state index contributed by atoms with van der Waals surface area (Å²) in [5.74, 6) is 0.899. The van der Waals surface area contributed by atoms with E-state index in [9.17, 15) is 24.3 Å². The van der Waals surface area contributed by atoms with Crippen molar-refractivity contribution in [2.75, 3.05) is 74.9 Å². The Morgan fingerprint density at radius 3 is 2.21 bits per heavy atom. The molecule has 5 saturated heterocycles. The first kappa shape index (κ1) is 42.3. The van der Waals surface area contributed by atoms with Crippen molar-refractivity contribution in [1.82, 2.24) is 30.2 Å². The Morgan fingerprint density at radius 1 is 0.810 bits per heavy atom. The van der Waals surface area contributed by atoms with Crippen LogP contribution in [0.4, 0.5) is 17.2 Å². The second-order valence-electron chi connectivity index (χ2n) is 18.5. The lowest BCUT2D eigenvalue weighted by Gasteiger charge is -2.56. The van der Waals surface area contributed by atoms with Crippen LogP contribution in [0.15, 0.2) is 84.9 Å². The highest BCUT2D eigenvalue weighted by Gasteiger charge is 2.53. The lowest BCUT2D eigenvalue weighted by Crippen LogP contribution is -2.66. The quantitative estimate of drug-likeness (QED) is 0.144. The number of anilines is 3. The third kappa shape index (κ3) is 8.95. The molecule has 5 aliphatic rings. The fourth-order valence-corrected chi connectivity index (χ4v) is 10.7. The molecule has 6 heterocycles. The van der Waals surface area contributed by atoms with Crippen molar-refractivity contribution in [3.8, 4) is 17.0 Å². The molecule has 14 nitrogen and oxygen atoms in total. The van der Waals surface area contributed by atoms with Crippen molar-refractivity contribution in [1.29, 1.82) is 0 Å². The number of piperidine rings is 4. The van der Waals surface area contributed by atoms with Gasteiger partial charge in [0.1, 0.15) is 11.8 Å². The summed E-state index contributed by atoms with van der Waals surface area (Å²) in [5.41, 5.74) is 10.9. The number of likely N-dealkylation sites (tertiary alicyclic amines) is 3. The van der Waals surface area contributed by atoms with Crippen LogP contribution in [0.5, 0.6) is 5.75 Å². The average molecular weight is 854 g/mol. The number of carbonyl (C=O) groups excluding carboxylic acids is 4. The van der Waals surface area contributed by atoms with E-state index in [-0.39, 0.29) is 40.8 Å². The number of nitrogen functional groups attached to an aromatic ring is 1. The van der Waals surface area contributed by atoms with Crippen molar-refractivity contribution in [2.24, 2.45) is 5.41 Å². The molecule has 0 aliphatic carbocycles. The SMILES string of the molecule is Nc1nnc(-c2ccccc2O)cc1N1CCC(C(=O)N2CC3(CCN(C(=O)CCCN4CCC(c5ccc(NC6CCC(=O)NC6=O)cc5)CC4)CC3)C2)(c2ccccc2)CC1. The summed E-state index contributed by atoms with van der Waals surface area (Å²) in [6, 6.07) is 27.1. The van der Waals surface area contributed by atoms with E-state index in [0.717, 1.165) is 94.9 Å². The largest absolute Gasteiger partial charge is 0.507 e. The van der Waals surface area contributed by atoms with E-state index >= 15 is 0 Å². The number of hydrogen-bond donors (Lipinski definition) is 4. The van der Waals surface area contributed by atoms with Crippen molar-refractivity contribution in [3.05, 3.63) is 96.1 Å². The summed E-state index contributed by atoms with van der Waals surface area (Å²) < 4.78 is 0. The zero-order chi connectivity index (χ0) is 43.6. The molecular weight excluding hydrogens is 795 g/mol. The van der Waals surface area contributed by atoms with E-state index in [0.29, 0.717) is 68.2 Å². The minimum Gasteiger partial charge on any atom is -0.507 e. The van der Waals surface area contributed by atoms with Gasteiger partial charge in [-0.2, -0.15) is 0 Å². The molecule has 4 aromatic rings. The summed E-state index contributed by atoms with van der Waals surface area (Å²) in [6.07, 6.45) is 7.54. The Morgan fingerprint density at radius 2 is 1.51 bits per heavy atom. The summed E-state index contributed by atoms with van der Waals surface area (Å²) in [4.78, 5) is 60.4. The lowest BCUT2D eigenvalue weighted by molar-refractivity contribution is -0.156. The maximum absolute atomic E-state index is 14.7. The normalized spacial score (nSPS) is 21.5. The molecule has 330 valence electrons. The van der Waals surface area contributed by atoms with E-state index in [1.807, 2.05) is 47.4 Å². The average Bonchev–Trinajstić information content (AvgIpc) is 3.30. The number of nitrogens with zero attached hydrogens (tertiary/aromatic N) is 6. The molecule has 9 rings (SSSR count). The number of benzene rings is 3. The Labute approximate surface area is 369 Å². The van der Waals surface area contributed by atoms with Gasteiger partial charge in [0, 0.05) is 68.8 Å². The molecule has 14 heteroatoms. The molecule has 1 unspecified atom stereocenters. The number of amides is 4. The number of imide groups is 1. The molecule has 1 aromatic heterocycles. The number of nitrogens with two attached hydrogens (primary N) is 1. The Hall–Kier alpha value is -6.02. The van der Waals surface area contributed by atoms with Crippen LogP contribution in [0, 0.1) is 5.41 Å². The molecular formula is C49H59N9O5. The Balaban J connectivity index is 0.720. The summed E-state index contributed by atoms with van der Waals surface area (Å²) in [6.45, 7) is 7.15. The minimum atomic E-state index is -0.648. The van der Waals surface area contributed by atoms with Gasteiger partial charge < -0.3 is 35.8 Å². The maximum Gasteiger partial charge on any atom is 0.249 e. The molecule has 63 heavy (non-hydrogen) atoms. The fourth-order valence-electron chi connectivity index (χ4n) is 10.7. The third-order valence-corrected chi connectivity index (χ3v) is 14.6. The summed E-state index contributed by atoms with van der Waals surface area (Å²) in [7, 11) is 0. The molecule has 5 N–H and O–H groups in total. The van der Waals surface area contributed by atoms with E-state index in [1.165, 1.54) is 5.56 Å². The van der Waals surface area contributed by atoms with Crippen LogP contribution in [-0.2, 0) is 24.6 Å². The molecule has 5 aliphatic heterocycles. The zero-order valence-electron chi connectivity index (χ0n) is 36.0. The first-order chi connectivity index (χ1) is 30.6. The van der Waals surface area contributed by atoms with Crippen LogP contribution in [0.2, 0.25) is 0 Å². The van der Waals surface area contributed by atoms with Gasteiger partial charge in [-0.15, -0.1) is 10.2 Å². The highest BCUT2D eigenvalue weighted by molar-refractivity contribution is 6.01. The van der Waals surface area contributed by atoms with Crippen LogP contribution < -0.4 is 21.3 Å².